The van der Waals surface area contributed by atoms with E-state index >= 15 is 0 Å². The highest BCUT2D eigenvalue weighted by Crippen LogP contribution is 2.23. The van der Waals surface area contributed by atoms with Crippen LogP contribution in [0, 0.1) is 5.92 Å². The second kappa shape index (κ2) is 6.52. The Kier molecular flexibility index (Phi) is 5.14. The van der Waals surface area contributed by atoms with E-state index in [1.165, 1.54) is 0 Å². The van der Waals surface area contributed by atoms with Gasteiger partial charge in [-0.1, -0.05) is 13.8 Å². The highest BCUT2D eigenvalue weighted by Gasteiger charge is 2.35. The number of rotatable bonds is 5. The van der Waals surface area contributed by atoms with Crippen molar-refractivity contribution < 1.29 is 17.6 Å². The fourth-order valence-corrected chi connectivity index (χ4v) is 4.58. The molecule has 2 rings (SSSR count). The van der Waals surface area contributed by atoms with Crippen molar-refractivity contribution in [2.75, 3.05) is 11.5 Å². The molecule has 21 heavy (non-hydrogen) atoms. The van der Waals surface area contributed by atoms with E-state index in [9.17, 15) is 13.2 Å². The molecule has 0 spiro atoms. The second-order valence-electron chi connectivity index (χ2n) is 5.88. The van der Waals surface area contributed by atoms with E-state index in [4.69, 9.17) is 4.42 Å². The van der Waals surface area contributed by atoms with Gasteiger partial charge in [0.1, 0.15) is 5.76 Å². The third-order valence-electron chi connectivity index (χ3n) is 3.51. The van der Waals surface area contributed by atoms with Crippen LogP contribution in [0.2, 0.25) is 0 Å². The van der Waals surface area contributed by atoms with Crippen LogP contribution in [0.4, 0.5) is 0 Å². The smallest absolute Gasteiger partial charge is 0.223 e. The standard InChI is InChI=1S/C14H20BrNO4S/c1-10(2)7-14(17)16(8-12-3-4-13(15)20-12)11-5-6-21(18,19)9-11/h3-4,10-11H,5-9H2,1-2H3. The summed E-state index contributed by atoms with van der Waals surface area (Å²) in [6.45, 7) is 4.27. The summed E-state index contributed by atoms with van der Waals surface area (Å²) in [6.07, 6.45) is 0.923. The Labute approximate surface area is 133 Å². The molecule has 0 bridgehead atoms. The maximum Gasteiger partial charge on any atom is 0.223 e. The zero-order chi connectivity index (χ0) is 15.6. The molecule has 1 amide bonds. The van der Waals surface area contributed by atoms with Crippen LogP contribution in [-0.2, 0) is 21.2 Å². The highest BCUT2D eigenvalue weighted by molar-refractivity contribution is 9.10. The zero-order valence-corrected chi connectivity index (χ0v) is 14.6. The van der Waals surface area contributed by atoms with Gasteiger partial charge in [-0.2, -0.15) is 0 Å². The minimum Gasteiger partial charge on any atom is -0.452 e. The van der Waals surface area contributed by atoms with Gasteiger partial charge in [0.2, 0.25) is 5.91 Å². The number of hydrogen-bond donors (Lipinski definition) is 0. The summed E-state index contributed by atoms with van der Waals surface area (Å²) in [5, 5.41) is 0. The maximum absolute atomic E-state index is 12.4. The van der Waals surface area contributed by atoms with E-state index in [0.717, 1.165) is 0 Å². The first kappa shape index (κ1) is 16.5. The Morgan fingerprint density at radius 3 is 2.67 bits per heavy atom. The first-order chi connectivity index (χ1) is 9.77. The largest absolute Gasteiger partial charge is 0.452 e. The third-order valence-corrected chi connectivity index (χ3v) is 5.68. The zero-order valence-electron chi connectivity index (χ0n) is 12.2. The van der Waals surface area contributed by atoms with Gasteiger partial charge in [0.25, 0.3) is 0 Å². The molecule has 0 aromatic carbocycles. The van der Waals surface area contributed by atoms with Gasteiger partial charge >= 0.3 is 0 Å². The summed E-state index contributed by atoms with van der Waals surface area (Å²) < 4.78 is 29.4. The summed E-state index contributed by atoms with van der Waals surface area (Å²) in [5.74, 6) is 1.09. The van der Waals surface area contributed by atoms with Crippen LogP contribution in [-0.4, -0.2) is 36.8 Å². The molecule has 1 atom stereocenters. The van der Waals surface area contributed by atoms with Crippen LogP contribution in [0.25, 0.3) is 0 Å². The summed E-state index contributed by atoms with van der Waals surface area (Å²) in [7, 11) is -3.02. The van der Waals surface area contributed by atoms with Gasteiger partial charge in [-0.15, -0.1) is 0 Å². The quantitative estimate of drug-likeness (QED) is 0.790. The molecule has 118 valence electrons. The minimum atomic E-state index is -3.02. The van der Waals surface area contributed by atoms with Gasteiger partial charge < -0.3 is 9.32 Å². The van der Waals surface area contributed by atoms with Gasteiger partial charge in [0, 0.05) is 12.5 Å². The summed E-state index contributed by atoms with van der Waals surface area (Å²) >= 11 is 3.24. The summed E-state index contributed by atoms with van der Waals surface area (Å²) in [5.41, 5.74) is 0. The van der Waals surface area contributed by atoms with Crippen molar-refractivity contribution in [3.63, 3.8) is 0 Å². The molecule has 1 fully saturated rings. The molecule has 1 aromatic rings. The van der Waals surface area contributed by atoms with Crippen LogP contribution in [0.1, 0.15) is 32.4 Å². The van der Waals surface area contributed by atoms with Crippen molar-refractivity contribution in [3.05, 3.63) is 22.6 Å². The van der Waals surface area contributed by atoms with E-state index in [0.29, 0.717) is 29.8 Å². The second-order valence-corrected chi connectivity index (χ2v) is 8.89. The van der Waals surface area contributed by atoms with Crippen LogP contribution >= 0.6 is 15.9 Å². The van der Waals surface area contributed by atoms with Crippen LogP contribution in [0.5, 0.6) is 0 Å². The average Bonchev–Trinajstić information content (AvgIpc) is 2.91. The molecule has 7 heteroatoms. The van der Waals surface area contributed by atoms with Crippen molar-refractivity contribution in [1.29, 1.82) is 0 Å². The Morgan fingerprint density at radius 1 is 1.48 bits per heavy atom. The Morgan fingerprint density at radius 2 is 2.19 bits per heavy atom. The molecular weight excluding hydrogens is 358 g/mol. The fraction of sp³-hybridized carbons (Fsp3) is 0.643. The van der Waals surface area contributed by atoms with Gasteiger partial charge in [-0.25, -0.2) is 8.42 Å². The number of sulfone groups is 1. The lowest BCUT2D eigenvalue weighted by Gasteiger charge is -2.28. The number of carbonyl (C=O) groups is 1. The van der Waals surface area contributed by atoms with Crippen molar-refractivity contribution in [2.24, 2.45) is 5.92 Å². The summed E-state index contributed by atoms with van der Waals surface area (Å²) in [6, 6.07) is 3.32. The van der Waals surface area contributed by atoms with E-state index in [1.54, 1.807) is 17.0 Å². The van der Waals surface area contributed by atoms with Crippen LogP contribution in [0.3, 0.4) is 0 Å². The number of amides is 1. The molecule has 1 aliphatic heterocycles. The molecule has 5 nitrogen and oxygen atoms in total. The molecular formula is C14H20BrNO4S. The van der Waals surface area contributed by atoms with Gasteiger partial charge in [0.15, 0.2) is 14.5 Å². The van der Waals surface area contributed by atoms with Gasteiger partial charge in [-0.3, -0.25) is 4.79 Å². The molecule has 2 heterocycles. The van der Waals surface area contributed by atoms with E-state index in [-0.39, 0.29) is 29.4 Å². The monoisotopic (exact) mass is 377 g/mol. The number of carbonyl (C=O) groups excluding carboxylic acids is 1. The fourth-order valence-electron chi connectivity index (χ4n) is 2.51. The predicted octanol–water partition coefficient (Wildman–Crippen LogP) is 2.60. The summed E-state index contributed by atoms with van der Waals surface area (Å²) in [4.78, 5) is 14.1. The lowest BCUT2D eigenvalue weighted by atomic mass is 10.1. The van der Waals surface area contributed by atoms with Crippen LogP contribution in [0.15, 0.2) is 21.2 Å². The lowest BCUT2D eigenvalue weighted by Crippen LogP contribution is -2.41. The van der Waals surface area contributed by atoms with Gasteiger partial charge in [0.05, 0.1) is 18.1 Å². The molecule has 1 aromatic heterocycles. The Hall–Kier alpha value is -0.820. The molecule has 0 aliphatic carbocycles. The van der Waals surface area contributed by atoms with E-state index in [2.05, 4.69) is 15.9 Å². The first-order valence-electron chi connectivity index (χ1n) is 7.01. The van der Waals surface area contributed by atoms with Crippen molar-refractivity contribution in [1.82, 2.24) is 4.90 Å². The normalized spacial score (nSPS) is 20.9. The van der Waals surface area contributed by atoms with Crippen molar-refractivity contribution >= 4 is 31.7 Å². The molecule has 0 radical (unpaired) electrons. The number of halogens is 1. The van der Waals surface area contributed by atoms with Crippen LogP contribution < -0.4 is 0 Å². The number of furan rings is 1. The SMILES string of the molecule is CC(C)CC(=O)N(Cc1ccc(Br)o1)C1CCS(=O)(=O)C1. The molecule has 0 saturated carbocycles. The van der Waals surface area contributed by atoms with E-state index < -0.39 is 9.84 Å². The average molecular weight is 378 g/mol. The molecule has 1 aliphatic rings. The van der Waals surface area contributed by atoms with E-state index in [1.807, 2.05) is 13.8 Å². The number of nitrogens with zero attached hydrogens (tertiary/aromatic N) is 1. The first-order valence-corrected chi connectivity index (χ1v) is 9.62. The van der Waals surface area contributed by atoms with Crippen molar-refractivity contribution in [2.45, 2.75) is 39.3 Å². The predicted molar refractivity (Wildman–Crippen MR) is 83.5 cm³/mol. The Balaban J connectivity index is 2.16. The molecule has 0 N–H and O–H groups in total. The third kappa shape index (κ3) is 4.57. The maximum atomic E-state index is 12.4. The number of hydrogen-bond acceptors (Lipinski definition) is 4. The Bertz CT molecular complexity index is 608. The highest BCUT2D eigenvalue weighted by atomic mass is 79.9. The molecule has 1 saturated heterocycles. The van der Waals surface area contributed by atoms with Gasteiger partial charge in [-0.05, 0) is 40.4 Å². The minimum absolute atomic E-state index is 0.0142. The molecule has 1 unspecified atom stereocenters. The lowest BCUT2D eigenvalue weighted by molar-refractivity contribution is -0.134. The topological polar surface area (TPSA) is 67.6 Å². The van der Waals surface area contributed by atoms with Crippen molar-refractivity contribution in [3.8, 4) is 0 Å².